The van der Waals surface area contributed by atoms with E-state index >= 15 is 0 Å². The van der Waals surface area contributed by atoms with Gasteiger partial charge in [-0.25, -0.2) is 0 Å². The molecule has 0 saturated carbocycles. The van der Waals surface area contributed by atoms with Gasteiger partial charge in [0, 0.05) is 13.1 Å². The van der Waals surface area contributed by atoms with Crippen LogP contribution in [0, 0.1) is 0 Å². The van der Waals surface area contributed by atoms with Crippen molar-refractivity contribution in [2.45, 2.75) is 24.9 Å². The van der Waals surface area contributed by atoms with E-state index in [1.54, 1.807) is 7.11 Å². The molecule has 3 rings (SSSR count). The maximum atomic E-state index is 12.4. The van der Waals surface area contributed by atoms with Crippen LogP contribution in [0.1, 0.15) is 24.4 Å². The van der Waals surface area contributed by atoms with Gasteiger partial charge in [-0.15, -0.1) is 24.8 Å². The summed E-state index contributed by atoms with van der Waals surface area (Å²) in [6.45, 7) is 4.62. The molecule has 0 bridgehead atoms. The fraction of sp³-hybridized carbons (Fsp3) is 0.611. The third-order valence-corrected chi connectivity index (χ3v) is 4.79. The summed E-state index contributed by atoms with van der Waals surface area (Å²) in [5, 5.41) is 6.30. The first-order valence-corrected chi connectivity index (χ1v) is 8.75. The van der Waals surface area contributed by atoms with Crippen molar-refractivity contribution in [2.24, 2.45) is 0 Å². The van der Waals surface area contributed by atoms with Crippen molar-refractivity contribution in [3.8, 4) is 5.75 Å². The number of nitrogens with zero attached hydrogens (tertiary/aromatic N) is 1. The Labute approximate surface area is 167 Å². The first-order valence-electron chi connectivity index (χ1n) is 8.75. The number of ether oxygens (including phenoxy) is 2. The van der Waals surface area contributed by atoms with E-state index in [-0.39, 0.29) is 42.8 Å². The van der Waals surface area contributed by atoms with Crippen LogP contribution in [0.3, 0.4) is 0 Å². The van der Waals surface area contributed by atoms with Gasteiger partial charge >= 0.3 is 0 Å². The second kappa shape index (κ2) is 11.6. The fourth-order valence-corrected chi connectivity index (χ4v) is 3.39. The highest BCUT2D eigenvalue weighted by atomic mass is 35.5. The highest BCUT2D eigenvalue weighted by Gasteiger charge is 2.26. The third kappa shape index (κ3) is 5.99. The zero-order chi connectivity index (χ0) is 16.8. The van der Waals surface area contributed by atoms with Crippen LogP contribution in [0.5, 0.6) is 5.75 Å². The third-order valence-electron chi connectivity index (χ3n) is 4.79. The number of hydrogen-bond donors (Lipinski definition) is 2. The van der Waals surface area contributed by atoms with Gasteiger partial charge in [0.15, 0.2) is 0 Å². The molecular weight excluding hydrogens is 377 g/mol. The van der Waals surface area contributed by atoms with E-state index in [4.69, 9.17) is 9.47 Å². The van der Waals surface area contributed by atoms with Gasteiger partial charge in [-0.3, -0.25) is 9.69 Å². The van der Waals surface area contributed by atoms with Crippen LogP contribution in [0.25, 0.3) is 0 Å². The summed E-state index contributed by atoms with van der Waals surface area (Å²) in [5.41, 5.74) is 1.21. The molecule has 2 aliphatic heterocycles. The van der Waals surface area contributed by atoms with Gasteiger partial charge in [-0.2, -0.15) is 0 Å². The highest BCUT2D eigenvalue weighted by Crippen LogP contribution is 2.26. The topological polar surface area (TPSA) is 62.8 Å². The number of likely N-dealkylation sites (tertiary alicyclic amines) is 1. The Morgan fingerprint density at radius 1 is 1.31 bits per heavy atom. The summed E-state index contributed by atoms with van der Waals surface area (Å²) in [6, 6.07) is 8.11. The lowest BCUT2D eigenvalue weighted by atomic mass is 10.0. The largest absolute Gasteiger partial charge is 0.497 e. The number of carbonyl (C=O) groups excluding carboxylic acids is 1. The average Bonchev–Trinajstić information content (AvgIpc) is 3.17. The van der Waals surface area contributed by atoms with Crippen LogP contribution in [-0.4, -0.2) is 63.4 Å². The molecule has 148 valence electrons. The number of hydrogen-bond acceptors (Lipinski definition) is 5. The highest BCUT2D eigenvalue weighted by molar-refractivity contribution is 5.85. The van der Waals surface area contributed by atoms with Gasteiger partial charge in [0.05, 0.1) is 26.4 Å². The molecule has 0 aliphatic carbocycles. The molecule has 1 amide bonds. The zero-order valence-corrected chi connectivity index (χ0v) is 16.7. The number of rotatable bonds is 6. The number of methoxy groups -OCH3 is 1. The minimum atomic E-state index is -0.242. The molecular formula is C18H29Cl2N3O3. The minimum Gasteiger partial charge on any atom is -0.497 e. The first kappa shape index (κ1) is 23.0. The standard InChI is InChI=1S/C18H27N3O3.2ClH/c1-23-15-6-4-14(5-7-15)17(21-9-2-3-10-21)12-20-18(22)16-13-24-11-8-19-16;;/h4-7,16-17,19H,2-3,8-13H2,1H3,(H,20,22);2*1H. The molecule has 1 aromatic rings. The van der Waals surface area contributed by atoms with Crippen molar-refractivity contribution in [2.75, 3.05) is 46.5 Å². The minimum absolute atomic E-state index is 0. The van der Waals surface area contributed by atoms with Crippen molar-refractivity contribution in [3.05, 3.63) is 29.8 Å². The molecule has 2 aliphatic rings. The molecule has 0 spiro atoms. The van der Waals surface area contributed by atoms with Crippen LogP contribution in [0.15, 0.2) is 24.3 Å². The van der Waals surface area contributed by atoms with E-state index in [1.165, 1.54) is 18.4 Å². The molecule has 2 heterocycles. The molecule has 26 heavy (non-hydrogen) atoms. The Hall–Kier alpha value is -1.05. The normalized spacial score (nSPS) is 21.2. The van der Waals surface area contributed by atoms with Gasteiger partial charge in [-0.1, -0.05) is 12.1 Å². The smallest absolute Gasteiger partial charge is 0.239 e. The zero-order valence-electron chi connectivity index (χ0n) is 15.1. The number of halogens is 2. The predicted octanol–water partition coefficient (Wildman–Crippen LogP) is 1.78. The average molecular weight is 406 g/mol. The molecule has 0 aromatic heterocycles. The Bertz CT molecular complexity index is 533. The van der Waals surface area contributed by atoms with Crippen LogP contribution < -0.4 is 15.4 Å². The van der Waals surface area contributed by atoms with Crippen LogP contribution in [-0.2, 0) is 9.53 Å². The summed E-state index contributed by atoms with van der Waals surface area (Å²) in [7, 11) is 1.67. The monoisotopic (exact) mass is 405 g/mol. The number of morpholine rings is 1. The Morgan fingerprint density at radius 2 is 2.00 bits per heavy atom. The predicted molar refractivity (Wildman–Crippen MR) is 107 cm³/mol. The van der Waals surface area contributed by atoms with Crippen LogP contribution in [0.2, 0.25) is 0 Å². The number of amides is 1. The Kier molecular flexibility index (Phi) is 10.3. The van der Waals surface area contributed by atoms with Crippen molar-refractivity contribution in [1.82, 2.24) is 15.5 Å². The molecule has 2 unspecified atom stereocenters. The first-order chi connectivity index (χ1) is 11.8. The van der Waals surface area contributed by atoms with Crippen LogP contribution in [0.4, 0.5) is 0 Å². The molecule has 2 atom stereocenters. The molecule has 2 fully saturated rings. The van der Waals surface area contributed by atoms with Gasteiger partial charge in [0.25, 0.3) is 0 Å². The Balaban J connectivity index is 0.00000169. The summed E-state index contributed by atoms with van der Waals surface area (Å²) in [4.78, 5) is 14.8. The SMILES string of the molecule is COc1ccc(C(CNC(=O)C2COCCN2)N2CCCC2)cc1.Cl.Cl. The van der Waals surface area contributed by atoms with Crippen molar-refractivity contribution < 1.29 is 14.3 Å². The molecule has 8 heteroatoms. The quantitative estimate of drug-likeness (QED) is 0.754. The maximum Gasteiger partial charge on any atom is 0.239 e. The summed E-state index contributed by atoms with van der Waals surface area (Å²) >= 11 is 0. The number of nitrogens with one attached hydrogen (secondary N) is 2. The van der Waals surface area contributed by atoms with Gasteiger partial charge in [0.1, 0.15) is 11.8 Å². The molecule has 6 nitrogen and oxygen atoms in total. The van der Waals surface area contributed by atoms with E-state index in [9.17, 15) is 4.79 Å². The van der Waals surface area contributed by atoms with E-state index in [0.29, 0.717) is 19.8 Å². The van der Waals surface area contributed by atoms with Crippen molar-refractivity contribution >= 4 is 30.7 Å². The molecule has 2 N–H and O–H groups in total. The number of benzene rings is 1. The number of carbonyl (C=O) groups is 1. The van der Waals surface area contributed by atoms with Crippen molar-refractivity contribution in [3.63, 3.8) is 0 Å². The Morgan fingerprint density at radius 3 is 2.58 bits per heavy atom. The lowest BCUT2D eigenvalue weighted by Gasteiger charge is -2.30. The van der Waals surface area contributed by atoms with Crippen molar-refractivity contribution in [1.29, 1.82) is 0 Å². The summed E-state index contributed by atoms with van der Waals surface area (Å²) < 4.78 is 10.6. The van der Waals surface area contributed by atoms with E-state index in [2.05, 4.69) is 27.7 Å². The fourth-order valence-electron chi connectivity index (χ4n) is 3.39. The van der Waals surface area contributed by atoms with Gasteiger partial charge in [0.2, 0.25) is 5.91 Å². The molecule has 2 saturated heterocycles. The second-order valence-electron chi connectivity index (χ2n) is 6.36. The van der Waals surface area contributed by atoms with Gasteiger partial charge < -0.3 is 20.1 Å². The van der Waals surface area contributed by atoms with Gasteiger partial charge in [-0.05, 0) is 43.6 Å². The van der Waals surface area contributed by atoms with E-state index in [0.717, 1.165) is 25.4 Å². The lowest BCUT2D eigenvalue weighted by Crippen LogP contribution is -2.52. The summed E-state index contributed by atoms with van der Waals surface area (Å²) in [6.07, 6.45) is 2.44. The van der Waals surface area contributed by atoms with Crippen LogP contribution >= 0.6 is 24.8 Å². The second-order valence-corrected chi connectivity index (χ2v) is 6.36. The lowest BCUT2D eigenvalue weighted by molar-refractivity contribution is -0.126. The van der Waals surface area contributed by atoms with E-state index < -0.39 is 0 Å². The summed E-state index contributed by atoms with van der Waals surface area (Å²) in [5.74, 6) is 0.874. The molecule has 1 aromatic carbocycles. The maximum absolute atomic E-state index is 12.4. The van der Waals surface area contributed by atoms with E-state index in [1.807, 2.05) is 12.1 Å². The molecule has 0 radical (unpaired) electrons.